The van der Waals surface area contributed by atoms with Gasteiger partial charge in [0.2, 0.25) is 0 Å². The Morgan fingerprint density at radius 2 is 0.720 bits per heavy atom. The lowest BCUT2D eigenvalue weighted by Crippen LogP contribution is -2.40. The third kappa shape index (κ3) is 57.0. The maximum absolute atomic E-state index is 12.9. The van der Waals surface area contributed by atoms with E-state index in [-0.39, 0.29) is 32.7 Å². The minimum atomic E-state index is -1.53. The predicted molar refractivity (Wildman–Crippen MR) is 317 cm³/mol. The van der Waals surface area contributed by atoms with Crippen molar-refractivity contribution in [1.29, 1.82) is 0 Å². The van der Waals surface area contributed by atoms with E-state index in [2.05, 4.69) is 148 Å². The van der Waals surface area contributed by atoms with Gasteiger partial charge in [-0.1, -0.05) is 218 Å². The average Bonchev–Trinajstić information content (AvgIpc) is 3.38. The van der Waals surface area contributed by atoms with E-state index in [0.29, 0.717) is 23.9 Å². The molecular formula is C66H108NO8+. The van der Waals surface area contributed by atoms with Crippen LogP contribution in [0, 0.1) is 0 Å². The summed E-state index contributed by atoms with van der Waals surface area (Å²) < 4.78 is 22.8. The van der Waals surface area contributed by atoms with Crippen molar-refractivity contribution in [3.63, 3.8) is 0 Å². The molecule has 0 spiro atoms. The molecule has 1 N–H and O–H groups in total. The van der Waals surface area contributed by atoms with E-state index in [4.69, 9.17) is 18.9 Å². The molecule has 9 heteroatoms. The standard InChI is InChI=1S/C66H107NO8/c1-6-8-10-12-14-16-18-20-22-23-24-25-26-27-28-29-30-31-32-33-34-35-36-37-38-39-40-41-43-45-47-49-51-53-55-57-64(69)75-62(61-74-66(65(70)71)72-59-58-67(3,4)5)60-73-63(68)56-54-52-50-48-46-44-42-21-19-17-15-13-11-9-7-2/h8-11,14-17,20-22,24-25,27-28,30-31,33-34,42,46,48,62,66H,6-7,12-13,18-19,23,26,29,32,35-41,43-45,47,49-61H2,1-5H3/p+1/b10-8-,11-9-,16-14-,17-15-,22-20-,25-24-,28-27-,31-30-,34-33-,42-21-,48-46-. The van der Waals surface area contributed by atoms with Crippen molar-refractivity contribution in [1.82, 2.24) is 0 Å². The lowest BCUT2D eigenvalue weighted by atomic mass is 10.0. The van der Waals surface area contributed by atoms with Gasteiger partial charge in [0.1, 0.15) is 13.2 Å². The zero-order valence-electron chi connectivity index (χ0n) is 48.2. The van der Waals surface area contributed by atoms with Gasteiger partial charge >= 0.3 is 17.9 Å². The zero-order chi connectivity index (χ0) is 54.8. The Balaban J connectivity index is 4.20. The first-order valence-corrected chi connectivity index (χ1v) is 29.3. The van der Waals surface area contributed by atoms with Gasteiger partial charge < -0.3 is 28.5 Å². The van der Waals surface area contributed by atoms with Gasteiger partial charge in [0.15, 0.2) is 6.10 Å². The van der Waals surface area contributed by atoms with Crippen molar-refractivity contribution < 1.29 is 42.9 Å². The number of carboxylic acid groups (broad SMARTS) is 1. The number of carbonyl (C=O) groups is 3. The van der Waals surface area contributed by atoms with Gasteiger partial charge in [-0.2, -0.15) is 0 Å². The highest BCUT2D eigenvalue weighted by Gasteiger charge is 2.25. The van der Waals surface area contributed by atoms with Crippen LogP contribution in [0.1, 0.15) is 206 Å². The Kier molecular flexibility index (Phi) is 52.3. The number of carbonyl (C=O) groups excluding carboxylic acids is 2. The van der Waals surface area contributed by atoms with Crippen molar-refractivity contribution in [2.45, 2.75) is 219 Å². The Morgan fingerprint density at radius 1 is 0.400 bits per heavy atom. The van der Waals surface area contributed by atoms with Gasteiger partial charge in [-0.15, -0.1) is 0 Å². The Labute approximate surface area is 459 Å². The summed E-state index contributed by atoms with van der Waals surface area (Å²) in [7, 11) is 5.94. The maximum atomic E-state index is 12.9. The molecule has 0 aliphatic heterocycles. The zero-order valence-corrected chi connectivity index (χ0v) is 48.2. The summed E-state index contributed by atoms with van der Waals surface area (Å²) in [6.07, 6.45) is 76.9. The minimum absolute atomic E-state index is 0.174. The Bertz CT molecular complexity index is 1690. The monoisotopic (exact) mass is 1040 g/mol. The molecule has 424 valence electrons. The number of hydrogen-bond acceptors (Lipinski definition) is 7. The fraction of sp³-hybridized carbons (Fsp3) is 0.621. The van der Waals surface area contributed by atoms with E-state index in [1.54, 1.807) is 0 Å². The first-order chi connectivity index (χ1) is 36.6. The quantitative estimate of drug-likeness (QED) is 0.0211. The summed E-state index contributed by atoms with van der Waals surface area (Å²) in [6, 6.07) is 0. The maximum Gasteiger partial charge on any atom is 0.361 e. The van der Waals surface area contributed by atoms with Gasteiger partial charge in [0.05, 0.1) is 34.4 Å². The summed E-state index contributed by atoms with van der Waals surface area (Å²) in [5, 5.41) is 9.69. The number of ether oxygens (including phenoxy) is 4. The van der Waals surface area contributed by atoms with E-state index in [1.165, 1.54) is 64.2 Å². The number of hydrogen-bond donors (Lipinski definition) is 1. The van der Waals surface area contributed by atoms with Crippen molar-refractivity contribution >= 4 is 17.9 Å². The summed E-state index contributed by atoms with van der Waals surface area (Å²) in [6.45, 7) is 4.58. The van der Waals surface area contributed by atoms with Gasteiger partial charge in [-0.3, -0.25) is 9.59 Å². The van der Waals surface area contributed by atoms with Crippen LogP contribution in [0.4, 0.5) is 0 Å². The normalized spacial score (nSPS) is 13.8. The van der Waals surface area contributed by atoms with Gasteiger partial charge in [0, 0.05) is 12.8 Å². The number of quaternary nitrogens is 1. The summed E-state index contributed by atoms with van der Waals surface area (Å²) in [5.41, 5.74) is 0. The molecule has 0 saturated heterocycles. The number of esters is 2. The third-order valence-corrected chi connectivity index (χ3v) is 11.9. The fourth-order valence-corrected chi connectivity index (χ4v) is 7.45. The van der Waals surface area contributed by atoms with Crippen molar-refractivity contribution in [2.75, 3.05) is 47.5 Å². The van der Waals surface area contributed by atoms with Crippen LogP contribution in [0.2, 0.25) is 0 Å². The molecule has 0 heterocycles. The molecule has 0 saturated carbocycles. The van der Waals surface area contributed by atoms with E-state index >= 15 is 0 Å². The molecule has 0 amide bonds. The second-order valence-electron chi connectivity index (χ2n) is 20.2. The molecular weight excluding hydrogens is 935 g/mol. The second-order valence-corrected chi connectivity index (χ2v) is 20.2. The molecule has 0 radical (unpaired) electrons. The molecule has 0 aromatic heterocycles. The minimum Gasteiger partial charge on any atom is -0.477 e. The van der Waals surface area contributed by atoms with Crippen molar-refractivity contribution in [3.05, 3.63) is 134 Å². The summed E-state index contributed by atoms with van der Waals surface area (Å²) >= 11 is 0. The Hall–Kier alpha value is -4.57. The van der Waals surface area contributed by atoms with Crippen LogP contribution >= 0.6 is 0 Å². The molecule has 0 aromatic rings. The van der Waals surface area contributed by atoms with Gasteiger partial charge in [-0.25, -0.2) is 4.79 Å². The average molecular weight is 1040 g/mol. The molecule has 2 unspecified atom stereocenters. The SMILES string of the molecule is CC/C=C\C/C=C\C/C=C\C/C=C\C/C=C\C/C=C\C/C=C\CCCCCCCCCCCCCCCC(=O)OC(COC(=O)CCCC/C=C\C/C=C\C/C=C\C/C=C\CC)COC(OCC[N+](C)(C)C)C(=O)O. The lowest BCUT2D eigenvalue weighted by Gasteiger charge is -2.25. The van der Waals surface area contributed by atoms with Crippen LogP contribution in [0.15, 0.2) is 134 Å². The highest BCUT2D eigenvalue weighted by molar-refractivity contribution is 5.71. The van der Waals surface area contributed by atoms with Crippen LogP contribution in [0.25, 0.3) is 0 Å². The molecule has 0 bridgehead atoms. The van der Waals surface area contributed by atoms with E-state index < -0.39 is 30.3 Å². The molecule has 0 aliphatic carbocycles. The number of aliphatic carboxylic acids is 1. The molecule has 9 nitrogen and oxygen atoms in total. The number of likely N-dealkylation sites (N-methyl/N-ethyl adjacent to an activating group) is 1. The summed E-state index contributed by atoms with van der Waals surface area (Å²) in [5.74, 6) is -2.08. The van der Waals surface area contributed by atoms with E-state index in [0.717, 1.165) is 103 Å². The highest BCUT2D eigenvalue weighted by Crippen LogP contribution is 2.15. The molecule has 0 fully saturated rings. The van der Waals surface area contributed by atoms with Gasteiger partial charge in [0.25, 0.3) is 6.29 Å². The van der Waals surface area contributed by atoms with Crippen LogP contribution in [-0.4, -0.2) is 87.4 Å². The molecule has 75 heavy (non-hydrogen) atoms. The fourth-order valence-electron chi connectivity index (χ4n) is 7.45. The lowest BCUT2D eigenvalue weighted by molar-refractivity contribution is -0.870. The van der Waals surface area contributed by atoms with Crippen molar-refractivity contribution in [3.8, 4) is 0 Å². The van der Waals surface area contributed by atoms with E-state index in [1.807, 2.05) is 21.1 Å². The second kappa shape index (κ2) is 55.7. The van der Waals surface area contributed by atoms with Crippen LogP contribution in [-0.2, 0) is 33.3 Å². The number of carboxylic acids is 1. The first-order valence-electron chi connectivity index (χ1n) is 29.3. The number of unbranched alkanes of at least 4 members (excludes halogenated alkanes) is 15. The summed E-state index contributed by atoms with van der Waals surface area (Å²) in [4.78, 5) is 37.4. The van der Waals surface area contributed by atoms with Crippen molar-refractivity contribution in [2.24, 2.45) is 0 Å². The topological polar surface area (TPSA) is 108 Å². The van der Waals surface area contributed by atoms with Crippen LogP contribution in [0.5, 0.6) is 0 Å². The largest absolute Gasteiger partial charge is 0.477 e. The first kappa shape index (κ1) is 70.4. The molecule has 0 aliphatic rings. The highest BCUT2D eigenvalue weighted by atomic mass is 16.7. The molecule has 0 rings (SSSR count). The molecule has 2 atom stereocenters. The number of allylic oxidation sites excluding steroid dienone is 22. The number of nitrogens with zero attached hydrogens (tertiary/aromatic N) is 1. The Morgan fingerprint density at radius 3 is 1.09 bits per heavy atom. The number of rotatable bonds is 52. The predicted octanol–water partition coefficient (Wildman–Crippen LogP) is 17.5. The molecule has 0 aromatic carbocycles. The van der Waals surface area contributed by atoms with Crippen LogP contribution < -0.4 is 0 Å². The van der Waals surface area contributed by atoms with Gasteiger partial charge in [-0.05, 0) is 109 Å². The smallest absolute Gasteiger partial charge is 0.361 e. The van der Waals surface area contributed by atoms with Crippen LogP contribution in [0.3, 0.4) is 0 Å². The third-order valence-electron chi connectivity index (χ3n) is 11.9. The van der Waals surface area contributed by atoms with E-state index in [9.17, 15) is 19.5 Å².